The van der Waals surface area contributed by atoms with Gasteiger partial charge >= 0.3 is 0 Å². The monoisotopic (exact) mass is 426 g/mol. The molecule has 0 bridgehead atoms. The summed E-state index contributed by atoms with van der Waals surface area (Å²) in [6, 6.07) is 15.0. The van der Waals surface area contributed by atoms with E-state index in [-0.39, 0.29) is 0 Å². The molecule has 2 rings (SSSR count). The van der Waals surface area contributed by atoms with Crippen molar-refractivity contribution in [1.29, 1.82) is 0 Å². The van der Waals surface area contributed by atoms with E-state index in [2.05, 4.69) is 42.1 Å². The Bertz CT molecular complexity index is 533. The fourth-order valence-electron chi connectivity index (χ4n) is 1.65. The second-order valence-corrected chi connectivity index (χ2v) is 5.85. The third-order valence-electron chi connectivity index (χ3n) is 2.65. The van der Waals surface area contributed by atoms with Crippen LogP contribution in [0.2, 0.25) is 0 Å². The average molecular weight is 428 g/mol. The summed E-state index contributed by atoms with van der Waals surface area (Å²) in [4.78, 5) is 0. The van der Waals surface area contributed by atoms with Crippen molar-refractivity contribution in [3.05, 3.63) is 48.5 Å². The maximum absolute atomic E-state index is 5.48. The molecular formula is C16H16Br2N2O2. The molecule has 0 heterocycles. The largest absolute Gasteiger partial charge is 0.493 e. The number of alkyl halides is 2. The van der Waals surface area contributed by atoms with Gasteiger partial charge in [0.25, 0.3) is 0 Å². The normalized spacial score (nSPS) is 10.8. The molecular weight excluding hydrogens is 412 g/mol. The molecule has 0 aliphatic rings. The van der Waals surface area contributed by atoms with Crippen molar-refractivity contribution in [3.8, 4) is 11.5 Å². The van der Waals surface area contributed by atoms with Gasteiger partial charge in [0.05, 0.1) is 24.6 Å². The van der Waals surface area contributed by atoms with E-state index in [1.807, 2.05) is 48.5 Å². The predicted octanol–water partition coefficient (Wildman–Crippen LogP) is 5.65. The Balaban J connectivity index is 1.93. The summed E-state index contributed by atoms with van der Waals surface area (Å²) in [5.41, 5.74) is 1.57. The van der Waals surface area contributed by atoms with E-state index in [0.29, 0.717) is 13.2 Å². The molecule has 0 N–H and O–H groups in total. The van der Waals surface area contributed by atoms with Gasteiger partial charge in [-0.3, -0.25) is 0 Å². The number of rotatable bonds is 8. The molecule has 6 heteroatoms. The summed E-state index contributed by atoms with van der Waals surface area (Å²) in [6.07, 6.45) is 0. The lowest BCUT2D eigenvalue weighted by molar-refractivity contribution is 0.345. The van der Waals surface area contributed by atoms with Crippen LogP contribution < -0.4 is 9.47 Å². The maximum Gasteiger partial charge on any atom is 0.119 e. The smallest absolute Gasteiger partial charge is 0.119 e. The van der Waals surface area contributed by atoms with E-state index in [0.717, 1.165) is 33.5 Å². The highest BCUT2D eigenvalue weighted by molar-refractivity contribution is 9.09. The molecule has 0 spiro atoms. The molecule has 22 heavy (non-hydrogen) atoms. The van der Waals surface area contributed by atoms with Crippen LogP contribution in [0.4, 0.5) is 11.4 Å². The van der Waals surface area contributed by atoms with Crippen molar-refractivity contribution < 1.29 is 9.47 Å². The van der Waals surface area contributed by atoms with Gasteiger partial charge in [-0.25, -0.2) is 0 Å². The van der Waals surface area contributed by atoms with Crippen molar-refractivity contribution in [2.24, 2.45) is 10.2 Å². The van der Waals surface area contributed by atoms with Gasteiger partial charge in [0, 0.05) is 10.7 Å². The van der Waals surface area contributed by atoms with Crippen molar-refractivity contribution >= 4 is 43.2 Å². The minimum atomic E-state index is 0.643. The van der Waals surface area contributed by atoms with Crippen LogP contribution in [0.1, 0.15) is 0 Å². The first-order chi connectivity index (χ1) is 10.8. The van der Waals surface area contributed by atoms with Crippen molar-refractivity contribution in [2.75, 3.05) is 23.9 Å². The lowest BCUT2D eigenvalue weighted by atomic mass is 10.3. The lowest BCUT2D eigenvalue weighted by Crippen LogP contribution is -1.96. The molecule has 0 atom stereocenters. The Morgan fingerprint density at radius 2 is 1.00 bits per heavy atom. The average Bonchev–Trinajstić information content (AvgIpc) is 2.58. The van der Waals surface area contributed by atoms with Gasteiger partial charge in [0.1, 0.15) is 11.5 Å². The van der Waals surface area contributed by atoms with Gasteiger partial charge in [0.2, 0.25) is 0 Å². The second-order valence-electron chi connectivity index (χ2n) is 4.26. The standard InChI is InChI=1S/C16H16Br2N2O2/c17-9-11-21-15-5-1-13(2-6-15)19-20-14-3-7-16(8-4-14)22-12-10-18/h1-8H,9-12H2. The molecule has 0 saturated carbocycles. The molecule has 0 saturated heterocycles. The summed E-state index contributed by atoms with van der Waals surface area (Å²) >= 11 is 6.64. The SMILES string of the molecule is BrCCOc1ccc(N=Nc2ccc(OCCBr)cc2)cc1. The van der Waals surface area contributed by atoms with Gasteiger partial charge in [-0.15, -0.1) is 0 Å². The molecule has 0 fully saturated rings. The first-order valence-electron chi connectivity index (χ1n) is 6.81. The summed E-state index contributed by atoms with van der Waals surface area (Å²) in [5.74, 6) is 1.65. The van der Waals surface area contributed by atoms with Crippen molar-refractivity contribution in [1.82, 2.24) is 0 Å². The molecule has 0 unspecified atom stereocenters. The van der Waals surface area contributed by atoms with Crippen LogP contribution in [0.25, 0.3) is 0 Å². The molecule has 4 nitrogen and oxygen atoms in total. The molecule has 0 amide bonds. The molecule has 2 aromatic rings. The van der Waals surface area contributed by atoms with Gasteiger partial charge in [-0.1, -0.05) is 31.9 Å². The van der Waals surface area contributed by atoms with E-state index in [1.54, 1.807) is 0 Å². The van der Waals surface area contributed by atoms with E-state index in [4.69, 9.17) is 9.47 Å². The first-order valence-corrected chi connectivity index (χ1v) is 9.05. The third kappa shape index (κ3) is 5.77. The highest BCUT2D eigenvalue weighted by atomic mass is 79.9. The Kier molecular flexibility index (Phi) is 7.39. The quantitative estimate of drug-likeness (QED) is 0.403. The Labute approximate surface area is 146 Å². The zero-order valence-corrected chi connectivity index (χ0v) is 15.1. The second kappa shape index (κ2) is 9.58. The zero-order chi connectivity index (χ0) is 15.6. The Morgan fingerprint density at radius 3 is 1.32 bits per heavy atom. The highest BCUT2D eigenvalue weighted by Crippen LogP contribution is 2.23. The number of hydrogen-bond acceptors (Lipinski definition) is 4. The van der Waals surface area contributed by atoms with Crippen molar-refractivity contribution in [2.45, 2.75) is 0 Å². The van der Waals surface area contributed by atoms with E-state index in [9.17, 15) is 0 Å². The predicted molar refractivity (Wildman–Crippen MR) is 95.6 cm³/mol. The van der Waals surface area contributed by atoms with Crippen LogP contribution in [0.3, 0.4) is 0 Å². The number of ether oxygens (including phenoxy) is 2. The Morgan fingerprint density at radius 1 is 0.636 bits per heavy atom. The molecule has 0 aliphatic heterocycles. The van der Waals surface area contributed by atoms with E-state index in [1.165, 1.54) is 0 Å². The number of hydrogen-bond donors (Lipinski definition) is 0. The highest BCUT2D eigenvalue weighted by Gasteiger charge is 1.96. The molecule has 116 valence electrons. The molecule has 2 aromatic carbocycles. The Hall–Kier alpha value is -1.40. The topological polar surface area (TPSA) is 43.2 Å². The van der Waals surface area contributed by atoms with E-state index < -0.39 is 0 Å². The number of nitrogens with zero attached hydrogens (tertiary/aromatic N) is 2. The van der Waals surface area contributed by atoms with Crippen LogP contribution in [0, 0.1) is 0 Å². The molecule has 0 aromatic heterocycles. The molecule has 0 radical (unpaired) electrons. The van der Waals surface area contributed by atoms with Crippen LogP contribution in [0.5, 0.6) is 11.5 Å². The number of azo groups is 1. The minimum absolute atomic E-state index is 0.643. The van der Waals surface area contributed by atoms with Crippen LogP contribution in [-0.2, 0) is 0 Å². The number of halogens is 2. The summed E-state index contributed by atoms with van der Waals surface area (Å²) in [7, 11) is 0. The number of benzene rings is 2. The summed E-state index contributed by atoms with van der Waals surface area (Å²) in [6.45, 7) is 1.29. The molecule has 0 aliphatic carbocycles. The zero-order valence-electron chi connectivity index (χ0n) is 11.9. The van der Waals surface area contributed by atoms with Gasteiger partial charge in [-0.2, -0.15) is 10.2 Å². The fourth-order valence-corrected chi connectivity index (χ4v) is 1.97. The van der Waals surface area contributed by atoms with Gasteiger partial charge < -0.3 is 9.47 Å². The summed E-state index contributed by atoms with van der Waals surface area (Å²) < 4.78 is 11.0. The van der Waals surface area contributed by atoms with E-state index >= 15 is 0 Å². The third-order valence-corrected chi connectivity index (χ3v) is 3.29. The first kappa shape index (κ1) is 17.0. The van der Waals surface area contributed by atoms with Crippen LogP contribution in [0.15, 0.2) is 58.8 Å². The van der Waals surface area contributed by atoms with Crippen molar-refractivity contribution in [3.63, 3.8) is 0 Å². The summed E-state index contributed by atoms with van der Waals surface area (Å²) in [5, 5.41) is 10.0. The van der Waals surface area contributed by atoms with Crippen LogP contribution in [-0.4, -0.2) is 23.9 Å². The maximum atomic E-state index is 5.48. The van der Waals surface area contributed by atoms with Gasteiger partial charge in [0.15, 0.2) is 0 Å². The minimum Gasteiger partial charge on any atom is -0.493 e. The fraction of sp³-hybridized carbons (Fsp3) is 0.250. The van der Waals surface area contributed by atoms with Crippen LogP contribution >= 0.6 is 31.9 Å². The lowest BCUT2D eigenvalue weighted by Gasteiger charge is -2.03. The van der Waals surface area contributed by atoms with Gasteiger partial charge in [-0.05, 0) is 48.5 Å².